The standard InChI is InChI=1S/C14H23N3/c1-11-4-3-5-12(7-6-11)17-14-8-13(15-2)9-16-10-14/h8-12,15,17H,3-7H2,1-2H3. The van der Waals surface area contributed by atoms with Crippen LogP contribution in [-0.2, 0) is 0 Å². The molecule has 0 saturated heterocycles. The molecule has 0 bridgehead atoms. The van der Waals surface area contributed by atoms with Crippen molar-refractivity contribution in [3.8, 4) is 0 Å². The third-order valence-electron chi connectivity index (χ3n) is 3.66. The largest absolute Gasteiger partial charge is 0.387 e. The Morgan fingerprint density at radius 2 is 1.94 bits per heavy atom. The molecule has 2 unspecified atom stereocenters. The first-order chi connectivity index (χ1) is 8.28. The van der Waals surface area contributed by atoms with Gasteiger partial charge in [0.2, 0.25) is 0 Å². The molecule has 1 aromatic rings. The van der Waals surface area contributed by atoms with Gasteiger partial charge in [-0.15, -0.1) is 0 Å². The van der Waals surface area contributed by atoms with E-state index < -0.39 is 0 Å². The highest BCUT2D eigenvalue weighted by Gasteiger charge is 2.15. The van der Waals surface area contributed by atoms with Gasteiger partial charge in [0.15, 0.2) is 0 Å². The van der Waals surface area contributed by atoms with E-state index in [2.05, 4.69) is 28.6 Å². The lowest BCUT2D eigenvalue weighted by atomic mass is 10.0. The van der Waals surface area contributed by atoms with E-state index in [1.165, 1.54) is 32.1 Å². The van der Waals surface area contributed by atoms with Crippen molar-refractivity contribution in [3.63, 3.8) is 0 Å². The van der Waals surface area contributed by atoms with Crippen molar-refractivity contribution in [2.45, 2.75) is 45.1 Å². The van der Waals surface area contributed by atoms with Gasteiger partial charge in [0.1, 0.15) is 0 Å². The van der Waals surface area contributed by atoms with Crippen LogP contribution in [0.2, 0.25) is 0 Å². The molecule has 1 fully saturated rings. The van der Waals surface area contributed by atoms with Crippen LogP contribution in [0.1, 0.15) is 39.0 Å². The molecule has 1 aliphatic rings. The van der Waals surface area contributed by atoms with E-state index in [-0.39, 0.29) is 0 Å². The van der Waals surface area contributed by atoms with Crippen molar-refractivity contribution >= 4 is 11.4 Å². The second kappa shape index (κ2) is 5.89. The Labute approximate surface area is 104 Å². The van der Waals surface area contributed by atoms with E-state index in [1.54, 1.807) is 0 Å². The number of anilines is 2. The second-order valence-corrected chi connectivity index (χ2v) is 5.17. The number of pyridine rings is 1. The van der Waals surface area contributed by atoms with Gasteiger partial charge in [-0.1, -0.05) is 19.8 Å². The molecule has 2 rings (SSSR count). The Hall–Kier alpha value is -1.25. The Bertz CT molecular complexity index is 351. The molecule has 2 N–H and O–H groups in total. The second-order valence-electron chi connectivity index (χ2n) is 5.17. The lowest BCUT2D eigenvalue weighted by molar-refractivity contribution is 0.502. The van der Waals surface area contributed by atoms with Gasteiger partial charge < -0.3 is 10.6 Å². The molecular weight excluding hydrogens is 210 g/mol. The minimum Gasteiger partial charge on any atom is -0.387 e. The topological polar surface area (TPSA) is 37.0 Å². The zero-order valence-corrected chi connectivity index (χ0v) is 10.9. The maximum Gasteiger partial charge on any atom is 0.0549 e. The smallest absolute Gasteiger partial charge is 0.0549 e. The molecule has 1 aromatic heterocycles. The van der Waals surface area contributed by atoms with Crippen LogP contribution in [0.3, 0.4) is 0 Å². The van der Waals surface area contributed by atoms with E-state index in [0.29, 0.717) is 6.04 Å². The van der Waals surface area contributed by atoms with Crippen LogP contribution < -0.4 is 10.6 Å². The van der Waals surface area contributed by atoms with Crippen LogP contribution in [0.4, 0.5) is 11.4 Å². The van der Waals surface area contributed by atoms with Gasteiger partial charge in [0.25, 0.3) is 0 Å². The predicted molar refractivity (Wildman–Crippen MR) is 73.4 cm³/mol. The molecule has 3 nitrogen and oxygen atoms in total. The first-order valence-electron chi connectivity index (χ1n) is 6.67. The molecule has 2 atom stereocenters. The summed E-state index contributed by atoms with van der Waals surface area (Å²) in [6.07, 6.45) is 10.4. The number of hydrogen-bond donors (Lipinski definition) is 2. The van der Waals surface area contributed by atoms with Crippen LogP contribution in [-0.4, -0.2) is 18.1 Å². The fraction of sp³-hybridized carbons (Fsp3) is 0.643. The van der Waals surface area contributed by atoms with E-state index >= 15 is 0 Å². The molecule has 0 radical (unpaired) electrons. The van der Waals surface area contributed by atoms with Crippen molar-refractivity contribution in [1.29, 1.82) is 0 Å². The molecule has 17 heavy (non-hydrogen) atoms. The van der Waals surface area contributed by atoms with Crippen molar-refractivity contribution in [2.24, 2.45) is 5.92 Å². The van der Waals surface area contributed by atoms with Crippen molar-refractivity contribution in [1.82, 2.24) is 4.98 Å². The molecule has 1 aliphatic carbocycles. The molecule has 1 saturated carbocycles. The van der Waals surface area contributed by atoms with E-state index in [4.69, 9.17) is 0 Å². The average Bonchev–Trinajstić information content (AvgIpc) is 2.55. The molecule has 3 heteroatoms. The average molecular weight is 233 g/mol. The van der Waals surface area contributed by atoms with Crippen LogP contribution in [0.25, 0.3) is 0 Å². The first-order valence-corrected chi connectivity index (χ1v) is 6.67. The van der Waals surface area contributed by atoms with Crippen molar-refractivity contribution < 1.29 is 0 Å². The lowest BCUT2D eigenvalue weighted by Crippen LogP contribution is -2.18. The summed E-state index contributed by atoms with van der Waals surface area (Å²) in [6.45, 7) is 2.37. The summed E-state index contributed by atoms with van der Waals surface area (Å²) in [5.74, 6) is 0.892. The summed E-state index contributed by atoms with van der Waals surface area (Å²) in [5, 5.41) is 6.74. The molecule has 0 spiro atoms. The quantitative estimate of drug-likeness (QED) is 0.784. The van der Waals surface area contributed by atoms with Crippen LogP contribution in [0.15, 0.2) is 18.5 Å². The summed E-state index contributed by atoms with van der Waals surface area (Å²) < 4.78 is 0. The molecule has 0 amide bonds. The van der Waals surface area contributed by atoms with Gasteiger partial charge in [0, 0.05) is 13.1 Å². The summed E-state index contributed by atoms with van der Waals surface area (Å²) in [7, 11) is 1.92. The number of rotatable bonds is 3. The fourth-order valence-corrected chi connectivity index (χ4v) is 2.52. The number of nitrogens with zero attached hydrogens (tertiary/aromatic N) is 1. The van der Waals surface area contributed by atoms with Crippen molar-refractivity contribution in [3.05, 3.63) is 18.5 Å². The third-order valence-corrected chi connectivity index (χ3v) is 3.66. The van der Waals surface area contributed by atoms with Gasteiger partial charge >= 0.3 is 0 Å². The minimum absolute atomic E-state index is 0.619. The zero-order chi connectivity index (χ0) is 12.1. The van der Waals surface area contributed by atoms with Gasteiger partial charge in [-0.3, -0.25) is 4.98 Å². The van der Waals surface area contributed by atoms with E-state index in [1.807, 2.05) is 19.4 Å². The maximum absolute atomic E-state index is 4.23. The van der Waals surface area contributed by atoms with E-state index in [0.717, 1.165) is 17.3 Å². The molecule has 0 aromatic carbocycles. The monoisotopic (exact) mass is 233 g/mol. The highest BCUT2D eigenvalue weighted by molar-refractivity contribution is 5.54. The van der Waals surface area contributed by atoms with Crippen LogP contribution in [0, 0.1) is 5.92 Å². The fourth-order valence-electron chi connectivity index (χ4n) is 2.52. The highest BCUT2D eigenvalue weighted by Crippen LogP contribution is 2.25. The SMILES string of the molecule is CNc1cncc(NC2CCCC(C)CC2)c1. The van der Waals surface area contributed by atoms with Crippen LogP contribution in [0.5, 0.6) is 0 Å². The first kappa shape index (κ1) is 12.2. The zero-order valence-electron chi connectivity index (χ0n) is 10.9. The summed E-state index contributed by atoms with van der Waals surface area (Å²) in [4.78, 5) is 4.23. The molecular formula is C14H23N3. The molecule has 0 aliphatic heterocycles. The predicted octanol–water partition coefficient (Wildman–Crippen LogP) is 3.50. The molecule has 94 valence electrons. The lowest BCUT2D eigenvalue weighted by Gasteiger charge is -2.18. The minimum atomic E-state index is 0.619. The van der Waals surface area contributed by atoms with Gasteiger partial charge in [-0.05, 0) is 31.2 Å². The van der Waals surface area contributed by atoms with Gasteiger partial charge in [-0.25, -0.2) is 0 Å². The number of aromatic nitrogens is 1. The normalized spacial score (nSPS) is 25.1. The third kappa shape index (κ3) is 3.62. The summed E-state index contributed by atoms with van der Waals surface area (Å²) in [5.41, 5.74) is 2.20. The Kier molecular flexibility index (Phi) is 4.24. The van der Waals surface area contributed by atoms with E-state index in [9.17, 15) is 0 Å². The molecule has 1 heterocycles. The highest BCUT2D eigenvalue weighted by atomic mass is 14.9. The Balaban J connectivity index is 1.94. The number of nitrogens with one attached hydrogen (secondary N) is 2. The number of hydrogen-bond acceptors (Lipinski definition) is 3. The summed E-state index contributed by atoms with van der Waals surface area (Å²) in [6, 6.07) is 2.75. The van der Waals surface area contributed by atoms with Gasteiger partial charge in [0.05, 0.1) is 23.8 Å². The van der Waals surface area contributed by atoms with Crippen molar-refractivity contribution in [2.75, 3.05) is 17.7 Å². The Morgan fingerprint density at radius 3 is 2.76 bits per heavy atom. The van der Waals surface area contributed by atoms with Gasteiger partial charge in [-0.2, -0.15) is 0 Å². The maximum atomic E-state index is 4.23. The Morgan fingerprint density at radius 1 is 1.12 bits per heavy atom. The van der Waals surface area contributed by atoms with Crippen LogP contribution >= 0.6 is 0 Å². The summed E-state index contributed by atoms with van der Waals surface area (Å²) >= 11 is 0.